The van der Waals surface area contributed by atoms with Crippen molar-refractivity contribution in [2.75, 3.05) is 0 Å². The van der Waals surface area contributed by atoms with Crippen molar-refractivity contribution in [2.45, 2.75) is 52.7 Å². The highest BCUT2D eigenvalue weighted by Gasteiger charge is 2.27. The number of esters is 1. The lowest BCUT2D eigenvalue weighted by molar-refractivity contribution is -0.137. The number of ether oxygens (including phenoxy) is 2. The van der Waals surface area contributed by atoms with Crippen LogP contribution in [0.3, 0.4) is 0 Å². The number of aromatic hydroxyl groups is 1. The number of phenols is 1. The average Bonchev–Trinajstić information content (AvgIpc) is 2.71. The van der Waals surface area contributed by atoms with E-state index in [0.717, 1.165) is 0 Å². The van der Waals surface area contributed by atoms with Crippen LogP contribution in [0.4, 0.5) is 4.79 Å². The molecule has 34 heavy (non-hydrogen) atoms. The standard InChI is InChI=1S/C26H29NO7/c1-15(2)11-18(27-25(31)34-26(3,4)5)24(30)32-17-12-19(28)23-20(29)14-21(33-22(23)13-17)16-9-7-6-8-10-16/h6-10,12-15,18,28H,11H2,1-5H3,(H,27,31)/t18-/m1/s1. The maximum atomic E-state index is 12.9. The number of hydrogen-bond acceptors (Lipinski definition) is 7. The first-order valence-electron chi connectivity index (χ1n) is 11.0. The van der Waals surface area contributed by atoms with Gasteiger partial charge in [0.2, 0.25) is 0 Å². The van der Waals surface area contributed by atoms with Gasteiger partial charge in [-0.3, -0.25) is 4.79 Å². The van der Waals surface area contributed by atoms with E-state index >= 15 is 0 Å². The number of nitrogens with one attached hydrogen (secondary N) is 1. The molecule has 0 aliphatic carbocycles. The van der Waals surface area contributed by atoms with Crippen LogP contribution in [0.5, 0.6) is 11.5 Å². The minimum absolute atomic E-state index is 0.0231. The molecular weight excluding hydrogens is 438 g/mol. The van der Waals surface area contributed by atoms with Crippen molar-refractivity contribution in [1.29, 1.82) is 0 Å². The normalized spacial score (nSPS) is 12.4. The molecule has 0 fully saturated rings. The number of rotatable bonds is 6. The van der Waals surface area contributed by atoms with Gasteiger partial charge in [-0.1, -0.05) is 44.2 Å². The average molecular weight is 468 g/mol. The Morgan fingerprint density at radius 2 is 1.76 bits per heavy atom. The smallest absolute Gasteiger partial charge is 0.408 e. The third-order valence-electron chi connectivity index (χ3n) is 4.74. The second kappa shape index (κ2) is 9.99. The molecule has 0 radical (unpaired) electrons. The lowest BCUT2D eigenvalue weighted by Gasteiger charge is -2.23. The number of carbonyl (C=O) groups excluding carboxylic acids is 2. The highest BCUT2D eigenvalue weighted by atomic mass is 16.6. The molecule has 3 rings (SSSR count). The summed E-state index contributed by atoms with van der Waals surface area (Å²) >= 11 is 0. The first kappa shape index (κ1) is 24.8. The van der Waals surface area contributed by atoms with Gasteiger partial charge in [0.1, 0.15) is 39.9 Å². The Morgan fingerprint density at radius 3 is 2.38 bits per heavy atom. The lowest BCUT2D eigenvalue weighted by Crippen LogP contribution is -2.45. The minimum atomic E-state index is -0.977. The molecule has 0 saturated heterocycles. The Hall–Kier alpha value is -3.81. The molecule has 0 aliphatic rings. The second-order valence-electron chi connectivity index (χ2n) is 9.41. The summed E-state index contributed by atoms with van der Waals surface area (Å²) in [4.78, 5) is 37.7. The SMILES string of the molecule is CC(C)C[C@@H](NC(=O)OC(C)(C)C)C(=O)Oc1cc(O)c2c(=O)cc(-c3ccccc3)oc2c1. The van der Waals surface area contributed by atoms with E-state index in [1.165, 1.54) is 18.2 Å². The summed E-state index contributed by atoms with van der Waals surface area (Å²) in [5.74, 6) is -0.758. The predicted molar refractivity (Wildman–Crippen MR) is 128 cm³/mol. The molecule has 0 unspecified atom stereocenters. The van der Waals surface area contributed by atoms with Crippen LogP contribution in [0.25, 0.3) is 22.3 Å². The maximum absolute atomic E-state index is 12.9. The van der Waals surface area contributed by atoms with Crippen LogP contribution in [0.15, 0.2) is 57.7 Å². The van der Waals surface area contributed by atoms with Crippen molar-refractivity contribution in [3.05, 3.63) is 58.8 Å². The molecule has 180 valence electrons. The summed E-state index contributed by atoms with van der Waals surface area (Å²) in [5, 5.41) is 12.9. The number of fused-ring (bicyclic) bond motifs is 1. The van der Waals surface area contributed by atoms with Crippen molar-refractivity contribution in [3.63, 3.8) is 0 Å². The Labute approximate surface area is 197 Å². The summed E-state index contributed by atoms with van der Waals surface area (Å²) in [6, 6.07) is 11.9. The summed E-state index contributed by atoms with van der Waals surface area (Å²) in [7, 11) is 0. The van der Waals surface area contributed by atoms with E-state index in [1.807, 2.05) is 32.0 Å². The van der Waals surface area contributed by atoms with E-state index in [-0.39, 0.29) is 28.4 Å². The molecule has 8 heteroatoms. The van der Waals surface area contributed by atoms with Crippen LogP contribution < -0.4 is 15.5 Å². The number of phenolic OH excluding ortho intramolecular Hbond substituents is 1. The van der Waals surface area contributed by atoms with E-state index in [9.17, 15) is 19.5 Å². The Bertz CT molecular complexity index is 1240. The van der Waals surface area contributed by atoms with E-state index in [2.05, 4.69) is 5.32 Å². The van der Waals surface area contributed by atoms with Crippen molar-refractivity contribution < 1.29 is 28.6 Å². The fraction of sp³-hybridized carbons (Fsp3) is 0.346. The molecule has 0 aliphatic heterocycles. The fourth-order valence-electron chi connectivity index (χ4n) is 3.37. The monoisotopic (exact) mass is 467 g/mol. The van der Waals surface area contributed by atoms with Gasteiger partial charge in [-0.25, -0.2) is 9.59 Å². The van der Waals surface area contributed by atoms with Crippen LogP contribution in [-0.4, -0.2) is 28.8 Å². The molecular formula is C26H29NO7. The molecule has 2 aromatic carbocycles. The minimum Gasteiger partial charge on any atom is -0.507 e. The zero-order chi connectivity index (χ0) is 25.0. The van der Waals surface area contributed by atoms with E-state index in [0.29, 0.717) is 17.7 Å². The number of amides is 1. The first-order chi connectivity index (χ1) is 15.9. The van der Waals surface area contributed by atoms with E-state index in [4.69, 9.17) is 13.9 Å². The molecule has 0 bridgehead atoms. The molecule has 2 N–H and O–H groups in total. The van der Waals surface area contributed by atoms with Crippen molar-refractivity contribution in [2.24, 2.45) is 5.92 Å². The Kier molecular flexibility index (Phi) is 7.29. The summed E-state index contributed by atoms with van der Waals surface area (Å²) in [6.07, 6.45) is -0.430. The zero-order valence-corrected chi connectivity index (χ0v) is 19.9. The van der Waals surface area contributed by atoms with Gasteiger partial charge in [0.05, 0.1) is 0 Å². The van der Waals surface area contributed by atoms with E-state index < -0.39 is 29.1 Å². The Morgan fingerprint density at radius 1 is 1.09 bits per heavy atom. The van der Waals surface area contributed by atoms with Crippen LogP contribution in [0, 0.1) is 5.92 Å². The van der Waals surface area contributed by atoms with Gasteiger partial charge in [-0.2, -0.15) is 0 Å². The fourth-order valence-corrected chi connectivity index (χ4v) is 3.37. The molecule has 1 atom stereocenters. The van der Waals surface area contributed by atoms with Gasteiger partial charge in [0, 0.05) is 23.8 Å². The van der Waals surface area contributed by atoms with Crippen LogP contribution in [0.2, 0.25) is 0 Å². The first-order valence-corrected chi connectivity index (χ1v) is 11.0. The summed E-state index contributed by atoms with van der Waals surface area (Å²) < 4.78 is 16.5. The largest absolute Gasteiger partial charge is 0.507 e. The zero-order valence-electron chi connectivity index (χ0n) is 19.9. The van der Waals surface area contributed by atoms with E-state index in [1.54, 1.807) is 32.9 Å². The number of carbonyl (C=O) groups is 2. The summed E-state index contributed by atoms with van der Waals surface area (Å²) in [6.45, 7) is 8.96. The highest BCUT2D eigenvalue weighted by Crippen LogP contribution is 2.31. The third-order valence-corrected chi connectivity index (χ3v) is 4.74. The van der Waals surface area contributed by atoms with Gasteiger partial charge in [-0.05, 0) is 33.1 Å². The van der Waals surface area contributed by atoms with Crippen LogP contribution in [0.1, 0.15) is 41.0 Å². The quantitative estimate of drug-likeness (QED) is 0.387. The molecule has 8 nitrogen and oxygen atoms in total. The molecule has 0 spiro atoms. The molecule has 1 aromatic heterocycles. The van der Waals surface area contributed by atoms with Crippen molar-refractivity contribution in [1.82, 2.24) is 5.32 Å². The predicted octanol–water partition coefficient (Wildman–Crippen LogP) is 5.01. The molecule has 1 heterocycles. The third kappa shape index (κ3) is 6.37. The molecule has 3 aromatic rings. The molecule has 0 saturated carbocycles. The van der Waals surface area contributed by atoms with Gasteiger partial charge in [-0.15, -0.1) is 0 Å². The maximum Gasteiger partial charge on any atom is 0.408 e. The number of benzene rings is 2. The van der Waals surface area contributed by atoms with Gasteiger partial charge in [0.15, 0.2) is 5.43 Å². The second-order valence-corrected chi connectivity index (χ2v) is 9.41. The number of hydrogen-bond donors (Lipinski definition) is 2. The Balaban J connectivity index is 1.90. The van der Waals surface area contributed by atoms with Gasteiger partial charge in [0.25, 0.3) is 0 Å². The van der Waals surface area contributed by atoms with Crippen LogP contribution >= 0.6 is 0 Å². The number of alkyl carbamates (subject to hydrolysis) is 1. The topological polar surface area (TPSA) is 115 Å². The van der Waals surface area contributed by atoms with Crippen molar-refractivity contribution in [3.8, 4) is 22.8 Å². The highest BCUT2D eigenvalue weighted by molar-refractivity contribution is 5.88. The van der Waals surface area contributed by atoms with Gasteiger partial charge >= 0.3 is 12.1 Å². The van der Waals surface area contributed by atoms with Gasteiger partial charge < -0.3 is 24.3 Å². The summed E-state index contributed by atoms with van der Waals surface area (Å²) in [5.41, 5.74) is -0.412. The lowest BCUT2D eigenvalue weighted by atomic mass is 10.0. The van der Waals surface area contributed by atoms with Crippen LogP contribution in [-0.2, 0) is 9.53 Å². The van der Waals surface area contributed by atoms with Crippen molar-refractivity contribution >= 4 is 23.0 Å². The molecule has 1 amide bonds.